The summed E-state index contributed by atoms with van der Waals surface area (Å²) in [5.74, 6) is 1.87. The van der Waals surface area contributed by atoms with Crippen molar-refractivity contribution in [2.75, 3.05) is 0 Å². The lowest BCUT2D eigenvalue weighted by molar-refractivity contribution is -0.137. The molecule has 140 valence electrons. The van der Waals surface area contributed by atoms with Gasteiger partial charge in [0.15, 0.2) is 5.82 Å². The van der Waals surface area contributed by atoms with Gasteiger partial charge in [0.2, 0.25) is 0 Å². The van der Waals surface area contributed by atoms with E-state index in [1.165, 1.54) is 12.1 Å². The Morgan fingerprint density at radius 2 is 1.52 bits per heavy atom. The van der Waals surface area contributed by atoms with E-state index in [9.17, 15) is 18.3 Å². The zero-order valence-corrected chi connectivity index (χ0v) is 14.4. The molecule has 0 amide bonds. The second kappa shape index (κ2) is 6.81. The minimum Gasteiger partial charge on any atom is -0.388 e. The quantitative estimate of drug-likeness (QED) is 0.722. The summed E-state index contributed by atoms with van der Waals surface area (Å²) in [4.78, 5) is 0. The first-order valence-electron chi connectivity index (χ1n) is 8.75. The molecule has 0 atom stereocenters. The molecule has 0 radical (unpaired) electrons. The lowest BCUT2D eigenvalue weighted by Crippen LogP contribution is -2.08. The summed E-state index contributed by atoms with van der Waals surface area (Å²) in [6.07, 6.45) is -2.14. The van der Waals surface area contributed by atoms with Gasteiger partial charge in [-0.15, -0.1) is 10.2 Å². The Morgan fingerprint density at radius 3 is 2.04 bits per heavy atom. The second-order valence-electron chi connectivity index (χ2n) is 6.76. The van der Waals surface area contributed by atoms with E-state index in [1.807, 2.05) is 28.8 Å². The Balaban J connectivity index is 1.54. The number of benzene rings is 2. The molecule has 27 heavy (non-hydrogen) atoms. The summed E-state index contributed by atoms with van der Waals surface area (Å²) >= 11 is 0. The smallest absolute Gasteiger partial charge is 0.388 e. The zero-order valence-electron chi connectivity index (χ0n) is 14.4. The summed E-state index contributed by atoms with van der Waals surface area (Å²) in [6, 6.07) is 12.8. The van der Waals surface area contributed by atoms with Crippen molar-refractivity contribution in [1.82, 2.24) is 14.8 Å². The fourth-order valence-electron chi connectivity index (χ4n) is 3.12. The number of alkyl halides is 3. The van der Waals surface area contributed by atoms with Gasteiger partial charge in [-0.05, 0) is 41.7 Å². The summed E-state index contributed by atoms with van der Waals surface area (Å²) in [7, 11) is 0. The third kappa shape index (κ3) is 3.73. The van der Waals surface area contributed by atoms with Gasteiger partial charge in [0.25, 0.3) is 0 Å². The van der Waals surface area contributed by atoms with Gasteiger partial charge in [-0.3, -0.25) is 0 Å². The average molecular weight is 373 g/mol. The van der Waals surface area contributed by atoms with E-state index in [2.05, 4.69) is 10.2 Å². The van der Waals surface area contributed by atoms with E-state index in [-0.39, 0.29) is 6.61 Å². The molecule has 1 saturated carbocycles. The number of halogens is 3. The molecule has 0 spiro atoms. The summed E-state index contributed by atoms with van der Waals surface area (Å²) in [5.41, 5.74) is 1.94. The monoisotopic (exact) mass is 373 g/mol. The number of nitrogens with zero attached hydrogens (tertiary/aromatic N) is 3. The maximum absolute atomic E-state index is 12.7. The highest BCUT2D eigenvalue weighted by Crippen LogP contribution is 2.39. The molecular formula is C20H18F3N3O. The number of rotatable bonds is 5. The van der Waals surface area contributed by atoms with Crippen LogP contribution in [0.4, 0.5) is 13.2 Å². The van der Waals surface area contributed by atoms with E-state index < -0.39 is 11.7 Å². The Morgan fingerprint density at radius 1 is 0.926 bits per heavy atom. The Bertz CT molecular complexity index is 927. The van der Waals surface area contributed by atoms with Crippen LogP contribution >= 0.6 is 0 Å². The second-order valence-corrected chi connectivity index (χ2v) is 6.76. The van der Waals surface area contributed by atoms with E-state index in [0.29, 0.717) is 18.3 Å². The van der Waals surface area contributed by atoms with Crippen LogP contribution in [0.25, 0.3) is 11.1 Å². The van der Waals surface area contributed by atoms with Gasteiger partial charge in [0.05, 0.1) is 12.1 Å². The molecule has 0 bridgehead atoms. The van der Waals surface area contributed by atoms with Crippen LogP contribution in [-0.4, -0.2) is 19.9 Å². The Kier molecular flexibility index (Phi) is 4.47. The first kappa shape index (κ1) is 17.7. The van der Waals surface area contributed by atoms with E-state index >= 15 is 0 Å². The molecule has 0 saturated heterocycles. The Labute approximate surface area is 154 Å². The number of aliphatic hydroxyl groups excluding tert-OH is 1. The summed E-state index contributed by atoms with van der Waals surface area (Å²) in [6.45, 7) is 0.394. The van der Waals surface area contributed by atoms with Gasteiger partial charge in [0, 0.05) is 5.92 Å². The maximum atomic E-state index is 12.7. The predicted octanol–water partition coefficient (Wildman–Crippen LogP) is 4.38. The van der Waals surface area contributed by atoms with Crippen LogP contribution in [0.15, 0.2) is 48.5 Å². The topological polar surface area (TPSA) is 50.9 Å². The van der Waals surface area contributed by atoms with Crippen LogP contribution in [0.2, 0.25) is 0 Å². The van der Waals surface area contributed by atoms with Gasteiger partial charge >= 0.3 is 6.18 Å². The largest absolute Gasteiger partial charge is 0.416 e. The van der Waals surface area contributed by atoms with Crippen molar-refractivity contribution >= 4 is 0 Å². The van der Waals surface area contributed by atoms with Gasteiger partial charge < -0.3 is 9.67 Å². The van der Waals surface area contributed by atoms with Crippen molar-refractivity contribution in [1.29, 1.82) is 0 Å². The highest BCUT2D eigenvalue weighted by Gasteiger charge is 2.31. The molecule has 1 heterocycles. The molecule has 4 nitrogen and oxygen atoms in total. The summed E-state index contributed by atoms with van der Waals surface area (Å²) in [5, 5.41) is 17.7. The van der Waals surface area contributed by atoms with Crippen LogP contribution in [-0.2, 0) is 19.3 Å². The molecule has 1 aromatic heterocycles. The molecule has 1 fully saturated rings. The average Bonchev–Trinajstić information content (AvgIpc) is 3.43. The van der Waals surface area contributed by atoms with Gasteiger partial charge in [-0.25, -0.2) is 0 Å². The van der Waals surface area contributed by atoms with E-state index in [4.69, 9.17) is 0 Å². The van der Waals surface area contributed by atoms with Gasteiger partial charge in [-0.1, -0.05) is 36.4 Å². The number of hydrogen-bond acceptors (Lipinski definition) is 3. The van der Waals surface area contributed by atoms with Crippen molar-refractivity contribution in [2.45, 2.75) is 38.1 Å². The lowest BCUT2D eigenvalue weighted by atomic mass is 10.0. The zero-order chi connectivity index (χ0) is 19.0. The molecular weight excluding hydrogens is 355 g/mol. The van der Waals surface area contributed by atoms with Gasteiger partial charge in [-0.2, -0.15) is 13.2 Å². The molecule has 1 aliphatic carbocycles. The fourth-order valence-corrected chi connectivity index (χ4v) is 3.12. The molecule has 3 aromatic rings. The van der Waals surface area contributed by atoms with Crippen molar-refractivity contribution in [3.05, 3.63) is 71.3 Å². The van der Waals surface area contributed by atoms with Crippen LogP contribution in [0, 0.1) is 0 Å². The fraction of sp³-hybridized carbons (Fsp3) is 0.300. The third-order valence-corrected chi connectivity index (χ3v) is 4.78. The summed E-state index contributed by atoms with van der Waals surface area (Å²) < 4.78 is 40.0. The van der Waals surface area contributed by atoms with E-state index in [0.717, 1.165) is 47.5 Å². The van der Waals surface area contributed by atoms with Crippen LogP contribution in [0.5, 0.6) is 0 Å². The van der Waals surface area contributed by atoms with E-state index in [1.54, 1.807) is 0 Å². The highest BCUT2D eigenvalue weighted by atomic mass is 19.4. The molecule has 0 unspecified atom stereocenters. The standard InChI is InChI=1S/C20H18F3N3O/c21-20(22,23)17-9-7-15(8-10-17)14-3-1-13(2-4-14)11-26-18(12-27)24-25-19(26)16-5-6-16/h1-4,7-10,16,27H,5-6,11-12H2. The Hall–Kier alpha value is -2.67. The SMILES string of the molecule is OCc1nnc(C2CC2)n1Cc1ccc(-c2ccc(C(F)(F)F)cc2)cc1. The normalized spacial score (nSPS) is 14.5. The van der Waals surface area contributed by atoms with Crippen LogP contribution in [0.3, 0.4) is 0 Å². The molecule has 0 aliphatic heterocycles. The molecule has 7 heteroatoms. The molecule has 1 N–H and O–H groups in total. The van der Waals surface area contributed by atoms with Crippen LogP contribution < -0.4 is 0 Å². The van der Waals surface area contributed by atoms with Gasteiger partial charge in [0.1, 0.15) is 12.4 Å². The van der Waals surface area contributed by atoms with Crippen molar-refractivity contribution in [3.63, 3.8) is 0 Å². The molecule has 1 aliphatic rings. The van der Waals surface area contributed by atoms with Crippen molar-refractivity contribution < 1.29 is 18.3 Å². The predicted molar refractivity (Wildman–Crippen MR) is 93.9 cm³/mol. The van der Waals surface area contributed by atoms with Crippen molar-refractivity contribution in [3.8, 4) is 11.1 Å². The number of aromatic nitrogens is 3. The third-order valence-electron chi connectivity index (χ3n) is 4.78. The van der Waals surface area contributed by atoms with Crippen molar-refractivity contribution in [2.24, 2.45) is 0 Å². The first-order valence-corrected chi connectivity index (χ1v) is 8.75. The van der Waals surface area contributed by atoms with Crippen LogP contribution in [0.1, 0.15) is 41.5 Å². The number of aliphatic hydroxyl groups is 1. The maximum Gasteiger partial charge on any atom is 0.416 e. The number of hydrogen-bond donors (Lipinski definition) is 1. The molecule has 2 aromatic carbocycles. The lowest BCUT2D eigenvalue weighted by Gasteiger charge is -2.11. The first-order chi connectivity index (χ1) is 13.0. The minimum atomic E-state index is -4.33. The minimum absolute atomic E-state index is 0.163. The highest BCUT2D eigenvalue weighted by molar-refractivity contribution is 5.64. The molecule has 4 rings (SSSR count).